The lowest BCUT2D eigenvalue weighted by Gasteiger charge is -2.03. The van der Waals surface area contributed by atoms with Gasteiger partial charge in [0.2, 0.25) is 5.91 Å². The van der Waals surface area contributed by atoms with Crippen LogP contribution in [0.1, 0.15) is 90.4 Å². The zero-order valence-corrected chi connectivity index (χ0v) is 16.2. The largest absolute Gasteiger partial charge is 0.355 e. The maximum absolute atomic E-state index is 11.7. The van der Waals surface area contributed by atoms with Crippen LogP contribution in [0.3, 0.4) is 0 Å². The van der Waals surface area contributed by atoms with Crippen molar-refractivity contribution in [2.24, 2.45) is 0 Å². The number of halogens is 1. The highest BCUT2D eigenvalue weighted by Gasteiger charge is 2.00. The van der Waals surface area contributed by atoms with E-state index in [1.807, 2.05) is 6.08 Å². The molecular weight excluding hydrogens is 322 g/mol. The Morgan fingerprint density at radius 3 is 2.21 bits per heavy atom. The molecule has 0 aromatic rings. The summed E-state index contributed by atoms with van der Waals surface area (Å²) in [7, 11) is 0. The minimum atomic E-state index is 0.0886. The van der Waals surface area contributed by atoms with Gasteiger partial charge in [0, 0.05) is 25.3 Å². The molecule has 0 fully saturated rings. The van der Waals surface area contributed by atoms with Gasteiger partial charge < -0.3 is 5.32 Å². The van der Waals surface area contributed by atoms with Crippen molar-refractivity contribution >= 4 is 23.3 Å². The van der Waals surface area contributed by atoms with E-state index in [1.54, 1.807) is 6.08 Å². The van der Waals surface area contributed by atoms with E-state index < -0.39 is 0 Å². The van der Waals surface area contributed by atoms with E-state index in [4.69, 9.17) is 11.6 Å². The molecule has 0 saturated heterocycles. The number of ketones is 1. The molecule has 1 N–H and O–H groups in total. The van der Waals surface area contributed by atoms with Gasteiger partial charge in [0.15, 0.2) is 5.78 Å². The molecule has 0 rings (SSSR count). The van der Waals surface area contributed by atoms with Crippen LogP contribution in [0.4, 0.5) is 0 Å². The van der Waals surface area contributed by atoms with E-state index in [-0.39, 0.29) is 11.7 Å². The lowest BCUT2D eigenvalue weighted by atomic mass is 10.1. The summed E-state index contributed by atoms with van der Waals surface area (Å²) in [5.41, 5.74) is 0. The Morgan fingerprint density at radius 1 is 0.875 bits per heavy atom. The Kier molecular flexibility index (Phi) is 17.9. The Balaban J connectivity index is 3.35. The van der Waals surface area contributed by atoms with Gasteiger partial charge in [-0.05, 0) is 31.8 Å². The Hall–Kier alpha value is -0.830. The lowest BCUT2D eigenvalue weighted by molar-refractivity contribution is -0.121. The smallest absolute Gasteiger partial charge is 0.220 e. The summed E-state index contributed by atoms with van der Waals surface area (Å²) < 4.78 is 0. The predicted molar refractivity (Wildman–Crippen MR) is 104 cm³/mol. The van der Waals surface area contributed by atoms with Crippen molar-refractivity contribution < 1.29 is 9.59 Å². The maximum Gasteiger partial charge on any atom is 0.220 e. The van der Waals surface area contributed by atoms with E-state index in [0.29, 0.717) is 25.3 Å². The van der Waals surface area contributed by atoms with Crippen LogP contribution in [-0.4, -0.2) is 24.1 Å². The van der Waals surface area contributed by atoms with Crippen molar-refractivity contribution in [3.63, 3.8) is 0 Å². The topological polar surface area (TPSA) is 46.2 Å². The van der Waals surface area contributed by atoms with E-state index in [0.717, 1.165) is 38.5 Å². The van der Waals surface area contributed by atoms with E-state index >= 15 is 0 Å². The van der Waals surface area contributed by atoms with Gasteiger partial charge in [-0.2, -0.15) is 0 Å². The summed E-state index contributed by atoms with van der Waals surface area (Å²) in [6, 6.07) is 0. The maximum atomic E-state index is 11.7. The van der Waals surface area contributed by atoms with Crippen molar-refractivity contribution in [1.82, 2.24) is 5.32 Å². The molecule has 24 heavy (non-hydrogen) atoms. The number of carbonyl (C=O) groups is 2. The first-order valence-corrected chi connectivity index (χ1v) is 10.3. The van der Waals surface area contributed by atoms with Crippen LogP contribution < -0.4 is 5.32 Å². The number of alkyl halides is 1. The molecule has 3 nitrogen and oxygen atoms in total. The Bertz CT molecular complexity index is 343. The SMILES string of the molecule is CCCCCCC/C=C/C(=O)CCCCCCCC(=O)NCCCl. The fourth-order valence-corrected chi connectivity index (χ4v) is 2.65. The van der Waals surface area contributed by atoms with Crippen molar-refractivity contribution in [2.75, 3.05) is 12.4 Å². The molecule has 0 heterocycles. The zero-order valence-electron chi connectivity index (χ0n) is 15.5. The van der Waals surface area contributed by atoms with Crippen LogP contribution in [0.25, 0.3) is 0 Å². The average molecular weight is 358 g/mol. The number of allylic oxidation sites excluding steroid dienone is 2. The Morgan fingerprint density at radius 2 is 1.50 bits per heavy atom. The van der Waals surface area contributed by atoms with Crippen LogP contribution in [0, 0.1) is 0 Å². The third-order valence-electron chi connectivity index (χ3n) is 4.02. The van der Waals surface area contributed by atoms with Crippen LogP contribution in [0.15, 0.2) is 12.2 Å². The summed E-state index contributed by atoms with van der Waals surface area (Å²) in [5, 5.41) is 2.76. The summed E-state index contributed by atoms with van der Waals surface area (Å²) >= 11 is 5.51. The summed E-state index contributed by atoms with van der Waals surface area (Å²) in [5.74, 6) is 0.808. The van der Waals surface area contributed by atoms with Crippen LogP contribution in [-0.2, 0) is 9.59 Å². The normalized spacial score (nSPS) is 11.1. The molecule has 0 aliphatic carbocycles. The quantitative estimate of drug-likeness (QED) is 0.210. The first-order valence-electron chi connectivity index (χ1n) is 9.72. The standard InChI is InChI=1S/C20H36ClNO2/c1-2-3-4-5-6-8-11-14-19(23)15-12-9-7-10-13-16-20(24)22-18-17-21/h11,14H,2-10,12-13,15-18H2,1H3,(H,22,24)/b14-11+. The summed E-state index contributed by atoms with van der Waals surface area (Å²) in [6.45, 7) is 2.77. The molecule has 0 aromatic heterocycles. The third-order valence-corrected chi connectivity index (χ3v) is 4.21. The van der Waals surface area contributed by atoms with Crippen molar-refractivity contribution in [1.29, 1.82) is 0 Å². The van der Waals surface area contributed by atoms with Gasteiger partial charge in [-0.15, -0.1) is 11.6 Å². The van der Waals surface area contributed by atoms with Gasteiger partial charge in [-0.1, -0.05) is 57.9 Å². The molecule has 0 unspecified atom stereocenters. The predicted octanol–water partition coefficient (Wildman–Crippen LogP) is 5.56. The molecule has 0 spiro atoms. The van der Waals surface area contributed by atoms with Crippen LogP contribution >= 0.6 is 11.6 Å². The second-order valence-corrected chi connectivity index (χ2v) is 6.76. The number of hydrogen-bond donors (Lipinski definition) is 1. The molecular formula is C20H36ClNO2. The molecule has 0 atom stereocenters. The van der Waals surface area contributed by atoms with E-state index in [2.05, 4.69) is 12.2 Å². The second kappa shape index (κ2) is 18.5. The van der Waals surface area contributed by atoms with Gasteiger partial charge in [-0.25, -0.2) is 0 Å². The van der Waals surface area contributed by atoms with Crippen molar-refractivity contribution in [3.05, 3.63) is 12.2 Å². The van der Waals surface area contributed by atoms with Gasteiger partial charge in [-0.3, -0.25) is 9.59 Å². The molecule has 0 aromatic carbocycles. The Labute approximate surface area is 153 Å². The number of amides is 1. The first kappa shape index (κ1) is 23.2. The molecule has 1 amide bonds. The van der Waals surface area contributed by atoms with Gasteiger partial charge in [0.05, 0.1) is 0 Å². The minimum absolute atomic E-state index is 0.0886. The van der Waals surface area contributed by atoms with Crippen LogP contribution in [0.5, 0.6) is 0 Å². The second-order valence-electron chi connectivity index (χ2n) is 6.38. The van der Waals surface area contributed by atoms with Gasteiger partial charge in [0.25, 0.3) is 0 Å². The molecule has 4 heteroatoms. The fourth-order valence-electron chi connectivity index (χ4n) is 2.55. The van der Waals surface area contributed by atoms with Crippen molar-refractivity contribution in [2.45, 2.75) is 90.4 Å². The third kappa shape index (κ3) is 17.5. The highest BCUT2D eigenvalue weighted by molar-refractivity contribution is 6.18. The number of carbonyl (C=O) groups excluding carboxylic acids is 2. The van der Waals surface area contributed by atoms with E-state index in [9.17, 15) is 9.59 Å². The molecule has 0 aliphatic rings. The lowest BCUT2D eigenvalue weighted by Crippen LogP contribution is -2.24. The highest BCUT2D eigenvalue weighted by atomic mass is 35.5. The summed E-state index contributed by atoms with van der Waals surface area (Å²) in [4.78, 5) is 23.1. The monoisotopic (exact) mass is 357 g/mol. The minimum Gasteiger partial charge on any atom is -0.355 e. The molecule has 0 bridgehead atoms. The van der Waals surface area contributed by atoms with Crippen molar-refractivity contribution in [3.8, 4) is 0 Å². The van der Waals surface area contributed by atoms with E-state index in [1.165, 1.54) is 32.1 Å². The van der Waals surface area contributed by atoms with Gasteiger partial charge in [0.1, 0.15) is 0 Å². The van der Waals surface area contributed by atoms with Gasteiger partial charge >= 0.3 is 0 Å². The summed E-state index contributed by atoms with van der Waals surface area (Å²) in [6.07, 6.45) is 17.5. The first-order chi connectivity index (χ1) is 11.7. The zero-order chi connectivity index (χ0) is 17.9. The fraction of sp³-hybridized carbons (Fsp3) is 0.800. The number of unbranched alkanes of at least 4 members (excludes halogenated alkanes) is 9. The number of nitrogens with one attached hydrogen (secondary N) is 1. The molecule has 0 saturated carbocycles. The molecule has 140 valence electrons. The number of hydrogen-bond acceptors (Lipinski definition) is 2. The molecule has 0 aliphatic heterocycles. The van der Waals surface area contributed by atoms with Crippen LogP contribution in [0.2, 0.25) is 0 Å². The number of rotatable bonds is 17. The molecule has 0 radical (unpaired) electrons. The highest BCUT2D eigenvalue weighted by Crippen LogP contribution is 2.09. The average Bonchev–Trinajstić information content (AvgIpc) is 2.58.